The van der Waals surface area contributed by atoms with Crippen molar-refractivity contribution in [3.8, 4) is 45.2 Å². The van der Waals surface area contributed by atoms with Gasteiger partial charge in [-0.2, -0.15) is 0 Å². The standard InChI is InChI=1S/C40H25N5/c1-2-10-26(11-3-1)33-22-18-27-16-17-28-19-23-34(43-38(28)37(27)42-33)31-20-21-32(30-13-5-4-12-29(30)31)40-39(35-14-6-8-24-41-35)44-36-15-7-9-25-45(36)40/h1-25H. The van der Waals surface area contributed by atoms with Crippen LogP contribution < -0.4 is 0 Å². The van der Waals surface area contributed by atoms with E-state index < -0.39 is 0 Å². The lowest BCUT2D eigenvalue weighted by Crippen LogP contribution is -1.94. The van der Waals surface area contributed by atoms with Gasteiger partial charge in [-0.25, -0.2) is 15.0 Å². The molecule has 0 aliphatic carbocycles. The van der Waals surface area contributed by atoms with Crippen LogP contribution >= 0.6 is 0 Å². The Morgan fingerprint density at radius 2 is 1.09 bits per heavy atom. The number of rotatable bonds is 4. The summed E-state index contributed by atoms with van der Waals surface area (Å²) in [5, 5.41) is 4.39. The summed E-state index contributed by atoms with van der Waals surface area (Å²) in [5.74, 6) is 0. The molecule has 5 aromatic heterocycles. The average molecular weight is 576 g/mol. The van der Waals surface area contributed by atoms with Crippen LogP contribution in [0, 0.1) is 0 Å². The van der Waals surface area contributed by atoms with Gasteiger partial charge < -0.3 is 0 Å². The molecule has 0 aliphatic rings. The summed E-state index contributed by atoms with van der Waals surface area (Å²) < 4.78 is 2.15. The predicted molar refractivity (Wildman–Crippen MR) is 183 cm³/mol. The zero-order valence-electron chi connectivity index (χ0n) is 24.2. The number of nitrogens with zero attached hydrogens (tertiary/aromatic N) is 5. The first-order valence-corrected chi connectivity index (χ1v) is 15.0. The molecule has 0 atom stereocenters. The lowest BCUT2D eigenvalue weighted by Gasteiger charge is -2.13. The van der Waals surface area contributed by atoms with Crippen molar-refractivity contribution in [2.45, 2.75) is 0 Å². The second-order valence-corrected chi connectivity index (χ2v) is 11.1. The number of aromatic nitrogens is 5. The van der Waals surface area contributed by atoms with E-state index >= 15 is 0 Å². The Morgan fingerprint density at radius 1 is 0.444 bits per heavy atom. The van der Waals surface area contributed by atoms with Crippen LogP contribution in [-0.4, -0.2) is 24.3 Å². The third-order valence-electron chi connectivity index (χ3n) is 8.48. The van der Waals surface area contributed by atoms with Crippen molar-refractivity contribution in [1.29, 1.82) is 0 Å². The summed E-state index contributed by atoms with van der Waals surface area (Å²) in [7, 11) is 0. The van der Waals surface area contributed by atoms with E-state index in [1.54, 1.807) is 0 Å². The van der Waals surface area contributed by atoms with Gasteiger partial charge in [0, 0.05) is 39.9 Å². The molecule has 210 valence electrons. The van der Waals surface area contributed by atoms with E-state index in [9.17, 15) is 0 Å². The van der Waals surface area contributed by atoms with Gasteiger partial charge in [-0.3, -0.25) is 9.38 Å². The maximum Gasteiger partial charge on any atom is 0.138 e. The molecule has 45 heavy (non-hydrogen) atoms. The third kappa shape index (κ3) is 4.17. The molecule has 0 amide bonds. The van der Waals surface area contributed by atoms with Crippen molar-refractivity contribution >= 4 is 38.2 Å². The summed E-state index contributed by atoms with van der Waals surface area (Å²) >= 11 is 0. The van der Waals surface area contributed by atoms with Crippen LogP contribution in [0.3, 0.4) is 0 Å². The molecule has 0 N–H and O–H groups in total. The molecule has 0 aliphatic heterocycles. The molecule has 9 rings (SSSR count). The Hall–Kier alpha value is -6.20. The number of imidazole rings is 1. The van der Waals surface area contributed by atoms with Gasteiger partial charge in [0.1, 0.15) is 11.3 Å². The fourth-order valence-corrected chi connectivity index (χ4v) is 6.35. The van der Waals surface area contributed by atoms with Crippen molar-refractivity contribution in [2.24, 2.45) is 0 Å². The zero-order chi connectivity index (χ0) is 29.7. The van der Waals surface area contributed by atoms with Crippen LogP contribution in [0.1, 0.15) is 0 Å². The average Bonchev–Trinajstić information content (AvgIpc) is 3.51. The molecule has 0 bridgehead atoms. The van der Waals surface area contributed by atoms with Crippen molar-refractivity contribution in [1.82, 2.24) is 24.3 Å². The van der Waals surface area contributed by atoms with Gasteiger partial charge in [0.25, 0.3) is 0 Å². The second-order valence-electron chi connectivity index (χ2n) is 11.1. The summed E-state index contributed by atoms with van der Waals surface area (Å²) in [6.07, 6.45) is 3.89. The summed E-state index contributed by atoms with van der Waals surface area (Å²) in [5.41, 5.74) is 10.5. The first-order valence-electron chi connectivity index (χ1n) is 15.0. The quantitative estimate of drug-likeness (QED) is 0.196. The van der Waals surface area contributed by atoms with Crippen LogP contribution in [0.5, 0.6) is 0 Å². The predicted octanol–water partition coefficient (Wildman–Crippen LogP) is 9.65. The molecule has 5 heterocycles. The summed E-state index contributed by atoms with van der Waals surface area (Å²) in [4.78, 5) is 20.1. The monoisotopic (exact) mass is 575 g/mol. The van der Waals surface area contributed by atoms with Crippen molar-refractivity contribution in [3.63, 3.8) is 0 Å². The Morgan fingerprint density at radius 3 is 1.87 bits per heavy atom. The number of hydrogen-bond acceptors (Lipinski definition) is 4. The smallest absolute Gasteiger partial charge is 0.138 e. The lowest BCUT2D eigenvalue weighted by molar-refractivity contribution is 1.19. The van der Waals surface area contributed by atoms with Crippen molar-refractivity contribution in [3.05, 3.63) is 152 Å². The SMILES string of the molecule is c1ccc(-c2ccc3ccc4ccc(-c5ccc(-c6c(-c7ccccn7)nc7ccccn67)c6ccccc56)nc4c3n2)cc1. The van der Waals surface area contributed by atoms with Gasteiger partial charge in [-0.1, -0.05) is 103 Å². The molecule has 0 spiro atoms. The van der Waals surface area contributed by atoms with Gasteiger partial charge in [0.15, 0.2) is 0 Å². The van der Waals surface area contributed by atoms with Crippen molar-refractivity contribution in [2.75, 3.05) is 0 Å². The largest absolute Gasteiger partial charge is 0.299 e. The minimum Gasteiger partial charge on any atom is -0.299 e. The maximum absolute atomic E-state index is 5.28. The third-order valence-corrected chi connectivity index (χ3v) is 8.48. The zero-order valence-corrected chi connectivity index (χ0v) is 24.2. The molecule has 5 heteroatoms. The van der Waals surface area contributed by atoms with Gasteiger partial charge in [-0.05, 0) is 47.2 Å². The molecule has 0 unspecified atom stereocenters. The highest BCUT2D eigenvalue weighted by Crippen LogP contribution is 2.40. The number of hydrogen-bond donors (Lipinski definition) is 0. The lowest BCUT2D eigenvalue weighted by atomic mass is 9.94. The van der Waals surface area contributed by atoms with Crippen LogP contribution in [0.25, 0.3) is 83.4 Å². The van der Waals surface area contributed by atoms with Crippen LogP contribution in [-0.2, 0) is 0 Å². The van der Waals surface area contributed by atoms with E-state index in [4.69, 9.17) is 15.0 Å². The molecule has 0 radical (unpaired) electrons. The molecule has 0 saturated heterocycles. The summed E-state index contributed by atoms with van der Waals surface area (Å²) in [6, 6.07) is 48.0. The molecule has 0 saturated carbocycles. The minimum atomic E-state index is 0.842. The van der Waals surface area contributed by atoms with E-state index in [-0.39, 0.29) is 0 Å². The number of benzene rings is 4. The highest BCUT2D eigenvalue weighted by Gasteiger charge is 2.20. The van der Waals surface area contributed by atoms with Crippen LogP contribution in [0.4, 0.5) is 0 Å². The fraction of sp³-hybridized carbons (Fsp3) is 0. The first-order chi connectivity index (χ1) is 22.3. The van der Waals surface area contributed by atoms with Gasteiger partial charge in [0.2, 0.25) is 0 Å². The maximum atomic E-state index is 5.28. The molecule has 9 aromatic rings. The molecule has 5 nitrogen and oxygen atoms in total. The highest BCUT2D eigenvalue weighted by atomic mass is 15.0. The van der Waals surface area contributed by atoms with Crippen LogP contribution in [0.2, 0.25) is 0 Å². The van der Waals surface area contributed by atoms with Crippen molar-refractivity contribution < 1.29 is 0 Å². The Labute approximate surface area is 259 Å². The van der Waals surface area contributed by atoms with E-state index in [2.05, 4.69) is 101 Å². The van der Waals surface area contributed by atoms with E-state index in [1.807, 2.05) is 60.8 Å². The Balaban J connectivity index is 1.26. The number of fused-ring (bicyclic) bond motifs is 5. The van der Waals surface area contributed by atoms with E-state index in [1.165, 1.54) is 0 Å². The molecule has 0 fully saturated rings. The minimum absolute atomic E-state index is 0.842. The van der Waals surface area contributed by atoms with E-state index in [0.717, 1.165) is 83.4 Å². The fourth-order valence-electron chi connectivity index (χ4n) is 6.35. The number of pyridine rings is 4. The first kappa shape index (κ1) is 25.3. The van der Waals surface area contributed by atoms with Gasteiger partial charge in [-0.15, -0.1) is 0 Å². The van der Waals surface area contributed by atoms with Crippen LogP contribution in [0.15, 0.2) is 152 Å². The van der Waals surface area contributed by atoms with E-state index in [0.29, 0.717) is 0 Å². The summed E-state index contributed by atoms with van der Waals surface area (Å²) in [6.45, 7) is 0. The molecule has 4 aromatic carbocycles. The Kier molecular flexibility index (Phi) is 5.74. The second kappa shape index (κ2) is 10.2. The topological polar surface area (TPSA) is 56.0 Å². The van der Waals surface area contributed by atoms with Gasteiger partial charge >= 0.3 is 0 Å². The Bertz CT molecular complexity index is 2540. The van der Waals surface area contributed by atoms with Gasteiger partial charge in [0.05, 0.1) is 33.8 Å². The highest BCUT2D eigenvalue weighted by molar-refractivity contribution is 6.08. The molecular weight excluding hydrogens is 550 g/mol. The normalized spacial score (nSPS) is 11.6. The molecular formula is C40H25N5.